The molecule has 21 heavy (non-hydrogen) atoms. The minimum atomic E-state index is 0.629. The Morgan fingerprint density at radius 3 is 2.57 bits per heavy atom. The van der Waals surface area contributed by atoms with Gasteiger partial charge in [0.1, 0.15) is 5.82 Å². The number of anilines is 2. The van der Waals surface area contributed by atoms with Crippen molar-refractivity contribution < 1.29 is 0 Å². The molecular weight excluding hydrogens is 278 g/mol. The van der Waals surface area contributed by atoms with Gasteiger partial charge in [0.2, 0.25) is 0 Å². The Hall–Kier alpha value is -2.51. The maximum Gasteiger partial charge on any atom is 0.132 e. The van der Waals surface area contributed by atoms with Crippen LogP contribution >= 0.6 is 11.8 Å². The lowest BCUT2D eigenvalue weighted by molar-refractivity contribution is 1.35. The smallest absolute Gasteiger partial charge is 0.132 e. The molecule has 0 aliphatic rings. The number of thioether (sulfide) groups is 1. The van der Waals surface area contributed by atoms with Gasteiger partial charge in [0, 0.05) is 16.0 Å². The molecule has 3 rings (SSSR count). The number of nitriles is 1. The molecule has 3 nitrogen and oxygen atoms in total. The zero-order valence-electron chi connectivity index (χ0n) is 11.5. The van der Waals surface area contributed by atoms with Crippen molar-refractivity contribution >= 4 is 34.2 Å². The zero-order valence-corrected chi connectivity index (χ0v) is 12.3. The van der Waals surface area contributed by atoms with Crippen LogP contribution in [0.1, 0.15) is 5.56 Å². The quantitative estimate of drug-likeness (QED) is 0.718. The van der Waals surface area contributed by atoms with Crippen molar-refractivity contribution in [3.05, 3.63) is 60.2 Å². The van der Waals surface area contributed by atoms with Crippen LogP contribution in [0.5, 0.6) is 0 Å². The minimum Gasteiger partial charge on any atom is -0.340 e. The molecule has 0 unspecified atom stereocenters. The lowest BCUT2D eigenvalue weighted by Gasteiger charge is -2.08. The first-order valence-electron chi connectivity index (χ1n) is 6.51. The minimum absolute atomic E-state index is 0.629. The highest BCUT2D eigenvalue weighted by molar-refractivity contribution is 7.98. The van der Waals surface area contributed by atoms with E-state index in [0.29, 0.717) is 11.4 Å². The van der Waals surface area contributed by atoms with Gasteiger partial charge in [-0.1, -0.05) is 18.2 Å². The number of hydrogen-bond donors (Lipinski definition) is 1. The van der Waals surface area contributed by atoms with Gasteiger partial charge in [-0.05, 0) is 42.7 Å². The molecule has 0 radical (unpaired) electrons. The molecule has 0 atom stereocenters. The fraction of sp³-hybridized carbons (Fsp3) is 0.0588. The number of rotatable bonds is 3. The SMILES string of the molecule is CSc1ccc(Nc2cc(C#N)c3ccccc3n2)cc1. The van der Waals surface area contributed by atoms with Crippen LogP contribution < -0.4 is 5.32 Å². The van der Waals surface area contributed by atoms with E-state index >= 15 is 0 Å². The normalized spacial score (nSPS) is 10.3. The van der Waals surface area contributed by atoms with Crippen molar-refractivity contribution in [2.75, 3.05) is 11.6 Å². The predicted molar refractivity (Wildman–Crippen MR) is 88.0 cm³/mol. The molecular formula is C17H13N3S. The number of pyridine rings is 1. The fourth-order valence-corrected chi connectivity index (χ4v) is 2.56. The second kappa shape index (κ2) is 5.86. The summed E-state index contributed by atoms with van der Waals surface area (Å²) < 4.78 is 0. The fourth-order valence-electron chi connectivity index (χ4n) is 2.15. The molecule has 3 aromatic rings. The van der Waals surface area contributed by atoms with Crippen molar-refractivity contribution in [1.29, 1.82) is 5.26 Å². The van der Waals surface area contributed by atoms with Gasteiger partial charge >= 0.3 is 0 Å². The van der Waals surface area contributed by atoms with Crippen LogP contribution in [0.15, 0.2) is 59.5 Å². The van der Waals surface area contributed by atoms with Crippen LogP contribution in [0.2, 0.25) is 0 Å². The van der Waals surface area contributed by atoms with Crippen molar-refractivity contribution in [2.24, 2.45) is 0 Å². The molecule has 0 saturated carbocycles. The first-order chi connectivity index (χ1) is 10.3. The second-order valence-electron chi connectivity index (χ2n) is 4.54. The molecule has 4 heteroatoms. The van der Waals surface area contributed by atoms with Crippen molar-refractivity contribution in [3.63, 3.8) is 0 Å². The van der Waals surface area contributed by atoms with E-state index < -0.39 is 0 Å². The Bertz CT molecular complexity index is 820. The Labute approximate surface area is 127 Å². The van der Waals surface area contributed by atoms with Crippen LogP contribution in [0.25, 0.3) is 10.9 Å². The predicted octanol–water partition coefficient (Wildman–Crippen LogP) is 4.57. The van der Waals surface area contributed by atoms with E-state index in [2.05, 4.69) is 28.5 Å². The summed E-state index contributed by atoms with van der Waals surface area (Å²) in [6, 6.07) is 19.8. The second-order valence-corrected chi connectivity index (χ2v) is 5.42. The molecule has 0 amide bonds. The zero-order chi connectivity index (χ0) is 14.7. The van der Waals surface area contributed by atoms with Gasteiger partial charge < -0.3 is 5.32 Å². The van der Waals surface area contributed by atoms with E-state index in [4.69, 9.17) is 0 Å². The van der Waals surface area contributed by atoms with Gasteiger partial charge in [0.25, 0.3) is 0 Å². The van der Waals surface area contributed by atoms with E-state index in [0.717, 1.165) is 16.6 Å². The third-order valence-electron chi connectivity index (χ3n) is 3.20. The molecule has 102 valence electrons. The van der Waals surface area contributed by atoms with E-state index in [1.54, 1.807) is 17.8 Å². The molecule has 1 aromatic heterocycles. The van der Waals surface area contributed by atoms with Gasteiger partial charge in [-0.3, -0.25) is 0 Å². The summed E-state index contributed by atoms with van der Waals surface area (Å²) in [5, 5.41) is 13.4. The number of hydrogen-bond acceptors (Lipinski definition) is 4. The molecule has 0 aliphatic carbocycles. The van der Waals surface area contributed by atoms with E-state index in [-0.39, 0.29) is 0 Å². The Kier molecular flexibility index (Phi) is 3.76. The molecule has 0 spiro atoms. The molecule has 0 bridgehead atoms. The molecule has 1 N–H and O–H groups in total. The van der Waals surface area contributed by atoms with Gasteiger partial charge in [-0.15, -0.1) is 11.8 Å². The Morgan fingerprint density at radius 1 is 1.10 bits per heavy atom. The van der Waals surface area contributed by atoms with Crippen molar-refractivity contribution in [1.82, 2.24) is 4.98 Å². The number of aromatic nitrogens is 1. The van der Waals surface area contributed by atoms with Crippen LogP contribution in [0, 0.1) is 11.3 Å². The number of benzene rings is 2. The van der Waals surface area contributed by atoms with Gasteiger partial charge in [-0.25, -0.2) is 4.98 Å². The molecule has 0 aliphatic heterocycles. The Morgan fingerprint density at radius 2 is 1.86 bits per heavy atom. The maximum atomic E-state index is 9.29. The van der Waals surface area contributed by atoms with E-state index in [1.807, 2.05) is 42.7 Å². The first-order valence-corrected chi connectivity index (χ1v) is 7.73. The van der Waals surface area contributed by atoms with Crippen molar-refractivity contribution in [2.45, 2.75) is 4.90 Å². The summed E-state index contributed by atoms with van der Waals surface area (Å²) in [4.78, 5) is 5.77. The standard InChI is InChI=1S/C17H13N3S/c1-21-14-8-6-13(7-9-14)19-17-10-12(11-18)15-4-2-3-5-16(15)20-17/h2-10H,1H3,(H,19,20). The number of nitrogens with zero attached hydrogens (tertiary/aromatic N) is 2. The first kappa shape index (κ1) is 13.5. The van der Waals surface area contributed by atoms with E-state index in [1.165, 1.54) is 4.90 Å². The molecule has 1 heterocycles. The number of para-hydroxylation sites is 1. The summed E-state index contributed by atoms with van der Waals surface area (Å²) in [5.74, 6) is 0.683. The summed E-state index contributed by atoms with van der Waals surface area (Å²) in [6.45, 7) is 0. The highest BCUT2D eigenvalue weighted by Gasteiger charge is 2.05. The van der Waals surface area contributed by atoms with Crippen molar-refractivity contribution in [3.8, 4) is 6.07 Å². The summed E-state index contributed by atoms with van der Waals surface area (Å²) in [7, 11) is 0. The molecule has 0 fully saturated rings. The summed E-state index contributed by atoms with van der Waals surface area (Å²) in [5.41, 5.74) is 2.41. The van der Waals surface area contributed by atoms with Gasteiger partial charge in [0.15, 0.2) is 0 Å². The summed E-state index contributed by atoms with van der Waals surface area (Å²) in [6.07, 6.45) is 2.05. The third kappa shape index (κ3) is 2.83. The highest BCUT2D eigenvalue weighted by atomic mass is 32.2. The molecule has 0 saturated heterocycles. The average Bonchev–Trinajstić information content (AvgIpc) is 2.55. The third-order valence-corrected chi connectivity index (χ3v) is 3.94. The maximum absolute atomic E-state index is 9.29. The molecule has 2 aromatic carbocycles. The van der Waals surface area contributed by atoms with Crippen LogP contribution in [0.3, 0.4) is 0 Å². The van der Waals surface area contributed by atoms with Crippen LogP contribution in [0.4, 0.5) is 11.5 Å². The van der Waals surface area contributed by atoms with Gasteiger partial charge in [0.05, 0.1) is 17.1 Å². The number of nitrogens with one attached hydrogen (secondary N) is 1. The Balaban J connectivity index is 1.98. The van der Waals surface area contributed by atoms with E-state index in [9.17, 15) is 5.26 Å². The lowest BCUT2D eigenvalue weighted by atomic mass is 10.1. The average molecular weight is 291 g/mol. The number of fused-ring (bicyclic) bond motifs is 1. The topological polar surface area (TPSA) is 48.7 Å². The summed E-state index contributed by atoms with van der Waals surface area (Å²) >= 11 is 1.71. The van der Waals surface area contributed by atoms with Crippen LogP contribution in [-0.4, -0.2) is 11.2 Å². The highest BCUT2D eigenvalue weighted by Crippen LogP contribution is 2.24. The monoisotopic (exact) mass is 291 g/mol. The lowest BCUT2D eigenvalue weighted by Crippen LogP contribution is -1.95. The van der Waals surface area contributed by atoms with Gasteiger partial charge in [-0.2, -0.15) is 5.26 Å². The largest absolute Gasteiger partial charge is 0.340 e. The van der Waals surface area contributed by atoms with Crippen LogP contribution in [-0.2, 0) is 0 Å².